The summed E-state index contributed by atoms with van der Waals surface area (Å²) in [5.74, 6) is 5.52. The molecule has 2 heterocycles. The number of methoxy groups -OCH3 is 1. The first-order valence-electron chi connectivity index (χ1n) is 6.34. The monoisotopic (exact) mass is 313 g/mol. The number of likely N-dealkylation sites (N-methyl/N-ethyl adjacent to an activating group) is 1. The summed E-state index contributed by atoms with van der Waals surface area (Å²) in [5.41, 5.74) is 2.84. The van der Waals surface area contributed by atoms with Crippen molar-refractivity contribution in [2.45, 2.75) is 18.0 Å². The Bertz CT molecular complexity index is 728. The van der Waals surface area contributed by atoms with Gasteiger partial charge in [0, 0.05) is 26.4 Å². The van der Waals surface area contributed by atoms with Gasteiger partial charge in [-0.2, -0.15) is 4.31 Å². The first-order valence-corrected chi connectivity index (χ1v) is 7.78. The van der Waals surface area contributed by atoms with Crippen molar-refractivity contribution in [1.29, 1.82) is 0 Å². The van der Waals surface area contributed by atoms with Gasteiger partial charge >= 0.3 is 0 Å². The normalized spacial score (nSPS) is 13.8. The third kappa shape index (κ3) is 2.72. The van der Waals surface area contributed by atoms with Crippen LogP contribution in [0.4, 0.5) is 5.82 Å². The van der Waals surface area contributed by atoms with Gasteiger partial charge < -0.3 is 10.2 Å². The highest BCUT2D eigenvalue weighted by Crippen LogP contribution is 2.25. The molecule has 0 saturated carbocycles. The lowest BCUT2D eigenvalue weighted by Gasteiger charge is -2.23. The topological polar surface area (TPSA) is 102 Å². The number of anilines is 1. The van der Waals surface area contributed by atoms with Crippen LogP contribution in [0.3, 0.4) is 0 Å². The number of fused-ring (bicyclic) bond motifs is 1. The molecular formula is C12H19N5O3S. The number of hydrazine groups is 1. The summed E-state index contributed by atoms with van der Waals surface area (Å²) in [6, 6.07) is 4.89. The Morgan fingerprint density at radius 1 is 1.52 bits per heavy atom. The average molecular weight is 313 g/mol. The van der Waals surface area contributed by atoms with E-state index in [1.54, 1.807) is 31.3 Å². The second-order valence-corrected chi connectivity index (χ2v) is 6.58. The van der Waals surface area contributed by atoms with Crippen molar-refractivity contribution < 1.29 is 13.2 Å². The van der Waals surface area contributed by atoms with Crippen molar-refractivity contribution in [2.75, 3.05) is 26.2 Å². The van der Waals surface area contributed by atoms with Gasteiger partial charge in [0.15, 0.2) is 5.82 Å². The van der Waals surface area contributed by atoms with Gasteiger partial charge in [-0.15, -0.1) is 0 Å². The lowest BCUT2D eigenvalue weighted by atomic mass is 10.4. The maximum absolute atomic E-state index is 12.8. The third-order valence-corrected chi connectivity index (χ3v) is 5.27. The zero-order valence-electron chi connectivity index (χ0n) is 12.1. The lowest BCUT2D eigenvalue weighted by Crippen LogP contribution is -2.38. The van der Waals surface area contributed by atoms with Gasteiger partial charge in [0.05, 0.1) is 6.61 Å². The van der Waals surface area contributed by atoms with E-state index in [9.17, 15) is 8.42 Å². The molecule has 0 saturated heterocycles. The van der Waals surface area contributed by atoms with Gasteiger partial charge in [-0.1, -0.05) is 6.07 Å². The van der Waals surface area contributed by atoms with Crippen LogP contribution in [-0.4, -0.2) is 48.9 Å². The lowest BCUT2D eigenvalue weighted by molar-refractivity contribution is 0.149. The molecule has 0 amide bonds. The number of rotatable bonds is 6. The molecule has 116 valence electrons. The first kappa shape index (κ1) is 15.7. The molecule has 2 rings (SSSR count). The maximum atomic E-state index is 12.8. The fourth-order valence-corrected chi connectivity index (χ4v) is 3.59. The molecule has 0 aliphatic rings. The molecule has 8 nitrogen and oxygen atoms in total. The predicted molar refractivity (Wildman–Crippen MR) is 79.3 cm³/mol. The highest BCUT2D eigenvalue weighted by Gasteiger charge is 2.31. The number of pyridine rings is 1. The molecule has 0 aliphatic heterocycles. The Balaban J connectivity index is 2.59. The molecular weight excluding hydrogens is 294 g/mol. The number of hydrogen-bond acceptors (Lipinski definition) is 6. The van der Waals surface area contributed by atoms with Crippen LogP contribution in [0.25, 0.3) is 5.65 Å². The second-order valence-electron chi connectivity index (χ2n) is 4.66. The van der Waals surface area contributed by atoms with Crippen molar-refractivity contribution in [1.82, 2.24) is 13.7 Å². The Morgan fingerprint density at radius 2 is 2.24 bits per heavy atom. The molecule has 0 fully saturated rings. The predicted octanol–water partition coefficient (Wildman–Crippen LogP) is 0.275. The van der Waals surface area contributed by atoms with E-state index in [4.69, 9.17) is 10.6 Å². The number of ether oxygens (including phenoxy) is 1. The largest absolute Gasteiger partial charge is 0.383 e. The van der Waals surface area contributed by atoms with Gasteiger partial charge in [-0.3, -0.25) is 4.40 Å². The molecule has 2 aromatic heterocycles. The number of hydrogen-bond donors (Lipinski definition) is 2. The molecule has 21 heavy (non-hydrogen) atoms. The highest BCUT2D eigenvalue weighted by molar-refractivity contribution is 7.89. The zero-order valence-corrected chi connectivity index (χ0v) is 13.0. The molecule has 0 spiro atoms. The summed E-state index contributed by atoms with van der Waals surface area (Å²) in [7, 11) is -0.748. The second kappa shape index (κ2) is 5.98. The number of nitrogens with zero attached hydrogens (tertiary/aromatic N) is 3. The number of sulfonamides is 1. The van der Waals surface area contributed by atoms with Crippen molar-refractivity contribution in [3.8, 4) is 0 Å². The standard InChI is InChI=1S/C12H19N5O3S/c1-9(8-20-3)16(2)21(18,19)12-11(15-13)14-10-6-4-5-7-17(10)12/h4-7,9,15H,8,13H2,1-3H3. The number of nitrogens with two attached hydrogens (primary N) is 1. The minimum absolute atomic E-state index is 0.00560. The first-order chi connectivity index (χ1) is 9.93. The molecule has 1 unspecified atom stereocenters. The molecule has 9 heteroatoms. The SMILES string of the molecule is COCC(C)N(C)S(=O)(=O)c1c(NN)nc2ccccn12. The highest BCUT2D eigenvalue weighted by atomic mass is 32.2. The van der Waals surface area contributed by atoms with Crippen LogP contribution in [0.2, 0.25) is 0 Å². The Kier molecular flexibility index (Phi) is 4.47. The smallest absolute Gasteiger partial charge is 0.263 e. The number of nitrogen functional groups attached to an aromatic ring is 1. The number of imidazole rings is 1. The van der Waals surface area contributed by atoms with Crippen molar-refractivity contribution in [3.05, 3.63) is 24.4 Å². The van der Waals surface area contributed by atoms with Crippen LogP contribution in [-0.2, 0) is 14.8 Å². The van der Waals surface area contributed by atoms with E-state index in [1.807, 2.05) is 0 Å². The van der Waals surface area contributed by atoms with Crippen LogP contribution in [0.1, 0.15) is 6.92 Å². The molecule has 0 bridgehead atoms. The van der Waals surface area contributed by atoms with Crippen molar-refractivity contribution in [2.24, 2.45) is 5.84 Å². The van der Waals surface area contributed by atoms with Gasteiger partial charge in [-0.05, 0) is 19.1 Å². The Labute approximate surface area is 123 Å². The van der Waals surface area contributed by atoms with Crippen LogP contribution < -0.4 is 11.3 Å². The van der Waals surface area contributed by atoms with E-state index in [1.165, 1.54) is 22.9 Å². The van der Waals surface area contributed by atoms with Gasteiger partial charge in [-0.25, -0.2) is 19.2 Å². The summed E-state index contributed by atoms with van der Waals surface area (Å²) in [4.78, 5) is 4.17. The van der Waals surface area contributed by atoms with Crippen molar-refractivity contribution in [3.63, 3.8) is 0 Å². The third-order valence-electron chi connectivity index (χ3n) is 3.27. The van der Waals surface area contributed by atoms with Gasteiger partial charge in [0.25, 0.3) is 10.0 Å². The van der Waals surface area contributed by atoms with Crippen LogP contribution in [0.5, 0.6) is 0 Å². The molecule has 3 N–H and O–H groups in total. The van der Waals surface area contributed by atoms with E-state index in [-0.39, 0.29) is 23.5 Å². The quantitative estimate of drug-likeness (QED) is 0.586. The van der Waals surface area contributed by atoms with E-state index in [0.717, 1.165) is 0 Å². The summed E-state index contributed by atoms with van der Waals surface area (Å²) >= 11 is 0. The molecule has 0 aliphatic carbocycles. The summed E-state index contributed by atoms with van der Waals surface area (Å²) in [5, 5.41) is 0.00560. The number of aromatic nitrogens is 2. The molecule has 0 radical (unpaired) electrons. The van der Waals surface area contributed by atoms with Crippen LogP contribution in [0.15, 0.2) is 29.4 Å². The van der Waals surface area contributed by atoms with Gasteiger partial charge in [0.1, 0.15) is 5.65 Å². The molecule has 1 atom stereocenters. The zero-order chi connectivity index (χ0) is 15.6. The van der Waals surface area contributed by atoms with E-state index < -0.39 is 10.0 Å². The number of nitrogens with one attached hydrogen (secondary N) is 1. The van der Waals surface area contributed by atoms with E-state index >= 15 is 0 Å². The molecule has 2 aromatic rings. The van der Waals surface area contributed by atoms with Crippen molar-refractivity contribution >= 4 is 21.5 Å². The van der Waals surface area contributed by atoms with E-state index in [2.05, 4.69) is 10.4 Å². The van der Waals surface area contributed by atoms with Crippen LogP contribution >= 0.6 is 0 Å². The van der Waals surface area contributed by atoms with Gasteiger partial charge in [0.2, 0.25) is 5.03 Å². The Hall–Kier alpha value is -1.68. The summed E-state index contributed by atoms with van der Waals surface area (Å²) < 4.78 is 33.4. The minimum Gasteiger partial charge on any atom is -0.383 e. The van der Waals surface area contributed by atoms with E-state index in [0.29, 0.717) is 5.65 Å². The minimum atomic E-state index is -3.78. The summed E-state index contributed by atoms with van der Waals surface area (Å²) in [6.45, 7) is 2.05. The van der Waals surface area contributed by atoms with Crippen LogP contribution in [0, 0.1) is 0 Å². The Morgan fingerprint density at radius 3 is 2.86 bits per heavy atom. The maximum Gasteiger partial charge on any atom is 0.263 e. The fourth-order valence-electron chi connectivity index (χ4n) is 2.03. The molecule has 0 aromatic carbocycles. The average Bonchev–Trinajstić information content (AvgIpc) is 2.85. The fraction of sp³-hybridized carbons (Fsp3) is 0.417. The summed E-state index contributed by atoms with van der Waals surface area (Å²) in [6.07, 6.45) is 1.63.